The molecule has 0 radical (unpaired) electrons. The Hall–Kier alpha value is -3.17. The highest BCUT2D eigenvalue weighted by molar-refractivity contribution is 8.27. The van der Waals surface area contributed by atoms with E-state index in [1.807, 2.05) is 0 Å². The lowest BCUT2D eigenvalue weighted by molar-refractivity contribution is -0.384. The lowest BCUT2D eigenvalue weighted by Gasteiger charge is -2.14. The third-order valence-electron chi connectivity index (χ3n) is 4.17. The molecule has 0 aliphatic carbocycles. The fourth-order valence-corrected chi connectivity index (χ4v) is 4.10. The molecule has 29 heavy (non-hydrogen) atoms. The normalized spacial score (nSPS) is 15.1. The maximum absolute atomic E-state index is 12.9. The van der Waals surface area contributed by atoms with Crippen LogP contribution in [0.2, 0.25) is 0 Å². The van der Waals surface area contributed by atoms with Crippen LogP contribution in [-0.4, -0.2) is 27.4 Å². The fraction of sp³-hybridized carbons (Fsp3) is 0.100. The van der Waals surface area contributed by atoms with Gasteiger partial charge >= 0.3 is 0 Å². The zero-order chi connectivity index (χ0) is 21.1. The van der Waals surface area contributed by atoms with E-state index in [1.165, 1.54) is 36.3 Å². The van der Waals surface area contributed by atoms with Gasteiger partial charge in [-0.2, -0.15) is 0 Å². The fourth-order valence-electron chi connectivity index (χ4n) is 2.80. The van der Waals surface area contributed by atoms with Crippen molar-refractivity contribution in [3.8, 4) is 11.5 Å². The minimum absolute atomic E-state index is 0.0305. The molecule has 1 heterocycles. The number of rotatable bonds is 6. The minimum Gasteiger partial charge on any atom is -0.504 e. The molecule has 1 amide bonds. The lowest BCUT2D eigenvalue weighted by atomic mass is 10.1. The van der Waals surface area contributed by atoms with Crippen LogP contribution >= 0.6 is 24.0 Å². The smallest absolute Gasteiger partial charge is 0.270 e. The first-order chi connectivity index (χ1) is 13.8. The molecule has 148 valence electrons. The summed E-state index contributed by atoms with van der Waals surface area (Å²) < 4.78 is 5.54. The predicted molar refractivity (Wildman–Crippen MR) is 117 cm³/mol. The van der Waals surface area contributed by atoms with Gasteiger partial charge in [0.25, 0.3) is 11.6 Å². The van der Waals surface area contributed by atoms with E-state index in [2.05, 4.69) is 6.58 Å². The summed E-state index contributed by atoms with van der Waals surface area (Å²) in [6.45, 7) is 3.68. The first-order valence-electron chi connectivity index (χ1n) is 8.39. The molecule has 2 aromatic carbocycles. The second-order valence-corrected chi connectivity index (χ2v) is 7.69. The van der Waals surface area contributed by atoms with Crippen LogP contribution in [0, 0.1) is 10.1 Å². The summed E-state index contributed by atoms with van der Waals surface area (Å²) in [4.78, 5) is 24.9. The van der Waals surface area contributed by atoms with E-state index in [-0.39, 0.29) is 17.3 Å². The molecule has 1 aliphatic heterocycles. The number of thioether (sulfide) groups is 1. The Morgan fingerprint density at radius 3 is 2.62 bits per heavy atom. The molecule has 0 atom stereocenters. The third kappa shape index (κ3) is 4.15. The number of nitro benzene ring substituents is 1. The number of allylic oxidation sites excluding steroid dienone is 1. The first-order valence-corrected chi connectivity index (χ1v) is 9.61. The second kappa shape index (κ2) is 8.46. The highest BCUT2D eigenvalue weighted by Crippen LogP contribution is 2.38. The first kappa shape index (κ1) is 20.6. The summed E-state index contributed by atoms with van der Waals surface area (Å²) in [6.07, 6.45) is 3.76. The van der Waals surface area contributed by atoms with Crippen LogP contribution in [0.1, 0.15) is 11.1 Å². The summed E-state index contributed by atoms with van der Waals surface area (Å²) in [5.41, 5.74) is 1.68. The van der Waals surface area contributed by atoms with Gasteiger partial charge < -0.3 is 9.84 Å². The molecular weight excluding hydrogens is 412 g/mol. The number of thiocarbonyl (C=S) groups is 1. The van der Waals surface area contributed by atoms with Crippen molar-refractivity contribution >= 4 is 51.7 Å². The maximum Gasteiger partial charge on any atom is 0.270 e. The van der Waals surface area contributed by atoms with Gasteiger partial charge in [-0.1, -0.05) is 30.1 Å². The SMILES string of the molecule is C=CCc1cc(C=C2SC(=S)N(c3ccc([N+](=O)[O-])cc3)C2=O)cc(OC)c1O. The molecule has 1 N–H and O–H groups in total. The van der Waals surface area contributed by atoms with Crippen LogP contribution in [0.5, 0.6) is 11.5 Å². The van der Waals surface area contributed by atoms with Crippen molar-refractivity contribution in [2.45, 2.75) is 6.42 Å². The monoisotopic (exact) mass is 428 g/mol. The van der Waals surface area contributed by atoms with Gasteiger partial charge in [0.05, 0.1) is 22.6 Å². The van der Waals surface area contributed by atoms with E-state index in [4.69, 9.17) is 17.0 Å². The molecule has 1 saturated heterocycles. The van der Waals surface area contributed by atoms with Crippen molar-refractivity contribution in [3.63, 3.8) is 0 Å². The van der Waals surface area contributed by atoms with Gasteiger partial charge in [0.2, 0.25) is 0 Å². The molecule has 1 fully saturated rings. The summed E-state index contributed by atoms with van der Waals surface area (Å²) in [7, 11) is 1.45. The predicted octanol–water partition coefficient (Wildman–Crippen LogP) is 4.44. The van der Waals surface area contributed by atoms with Gasteiger partial charge in [0.1, 0.15) is 0 Å². The Balaban J connectivity index is 1.95. The van der Waals surface area contributed by atoms with Gasteiger partial charge in [0.15, 0.2) is 15.8 Å². The summed E-state index contributed by atoms with van der Waals surface area (Å²) in [5, 5.41) is 21.0. The molecule has 0 spiro atoms. The number of phenols is 1. The van der Waals surface area contributed by atoms with E-state index in [1.54, 1.807) is 24.3 Å². The number of ether oxygens (including phenoxy) is 1. The maximum atomic E-state index is 12.9. The van der Waals surface area contributed by atoms with Crippen molar-refractivity contribution in [2.75, 3.05) is 12.0 Å². The molecule has 0 unspecified atom stereocenters. The lowest BCUT2D eigenvalue weighted by Crippen LogP contribution is -2.27. The van der Waals surface area contributed by atoms with Crippen LogP contribution in [0.15, 0.2) is 54.0 Å². The second-order valence-electron chi connectivity index (χ2n) is 6.01. The molecule has 2 aromatic rings. The number of phenolic OH excluding ortho intramolecular Hbond substituents is 1. The number of anilines is 1. The number of non-ortho nitro benzene ring substituents is 1. The summed E-state index contributed by atoms with van der Waals surface area (Å²) >= 11 is 6.46. The number of benzene rings is 2. The van der Waals surface area contributed by atoms with E-state index in [9.17, 15) is 20.0 Å². The Morgan fingerprint density at radius 1 is 1.34 bits per heavy atom. The number of hydrogen-bond donors (Lipinski definition) is 1. The van der Waals surface area contributed by atoms with E-state index >= 15 is 0 Å². The van der Waals surface area contributed by atoms with E-state index in [0.717, 1.165) is 11.8 Å². The van der Waals surface area contributed by atoms with Crippen LogP contribution < -0.4 is 9.64 Å². The highest BCUT2D eigenvalue weighted by atomic mass is 32.2. The van der Waals surface area contributed by atoms with Crippen molar-refractivity contribution in [3.05, 3.63) is 75.2 Å². The topological polar surface area (TPSA) is 92.9 Å². The molecule has 0 bridgehead atoms. The molecule has 0 aromatic heterocycles. The number of aromatic hydroxyl groups is 1. The molecule has 1 aliphatic rings. The van der Waals surface area contributed by atoms with Gasteiger partial charge in [-0.05, 0) is 42.3 Å². The van der Waals surface area contributed by atoms with Crippen molar-refractivity contribution < 1.29 is 19.6 Å². The average molecular weight is 428 g/mol. The number of carbonyl (C=O) groups is 1. The van der Waals surface area contributed by atoms with Gasteiger partial charge in [-0.15, -0.1) is 6.58 Å². The third-order valence-corrected chi connectivity index (χ3v) is 5.47. The van der Waals surface area contributed by atoms with E-state index < -0.39 is 4.92 Å². The molecular formula is C20H16N2O5S2. The van der Waals surface area contributed by atoms with Crippen LogP contribution in [0.3, 0.4) is 0 Å². The standard InChI is InChI=1S/C20H16N2O5S2/c1-3-4-13-9-12(10-16(27-2)18(13)23)11-17-19(24)21(20(28)29-17)14-5-7-15(8-6-14)22(25)26/h3,5-11,23H,1,4H2,2H3. The largest absolute Gasteiger partial charge is 0.504 e. The van der Waals surface area contributed by atoms with Crippen LogP contribution in [0.25, 0.3) is 6.08 Å². The number of methoxy groups -OCH3 is 1. The number of hydrogen-bond acceptors (Lipinski definition) is 7. The van der Waals surface area contributed by atoms with Gasteiger partial charge in [-0.25, -0.2) is 0 Å². The van der Waals surface area contributed by atoms with Gasteiger partial charge in [0, 0.05) is 17.7 Å². The Kier molecular flexibility index (Phi) is 6.00. The molecule has 7 nitrogen and oxygen atoms in total. The van der Waals surface area contributed by atoms with Gasteiger partial charge in [-0.3, -0.25) is 19.8 Å². The van der Waals surface area contributed by atoms with E-state index in [0.29, 0.717) is 38.2 Å². The molecule has 0 saturated carbocycles. The molecule has 3 rings (SSSR count). The zero-order valence-corrected chi connectivity index (χ0v) is 17.0. The summed E-state index contributed by atoms with van der Waals surface area (Å²) in [5.74, 6) is -0.00408. The summed E-state index contributed by atoms with van der Waals surface area (Å²) in [6, 6.07) is 8.99. The number of carbonyl (C=O) groups excluding carboxylic acids is 1. The molecule has 9 heteroatoms. The Morgan fingerprint density at radius 2 is 2.03 bits per heavy atom. The van der Waals surface area contributed by atoms with Crippen LogP contribution in [-0.2, 0) is 11.2 Å². The van der Waals surface area contributed by atoms with Crippen LogP contribution in [0.4, 0.5) is 11.4 Å². The Bertz CT molecular complexity index is 1050. The highest BCUT2D eigenvalue weighted by Gasteiger charge is 2.33. The zero-order valence-electron chi connectivity index (χ0n) is 15.3. The quantitative estimate of drug-likeness (QED) is 0.239. The number of amides is 1. The average Bonchev–Trinajstić information content (AvgIpc) is 2.97. The van der Waals surface area contributed by atoms with Crippen molar-refractivity contribution in [1.29, 1.82) is 0 Å². The number of nitrogens with zero attached hydrogens (tertiary/aromatic N) is 2. The van der Waals surface area contributed by atoms with Crippen molar-refractivity contribution in [1.82, 2.24) is 0 Å². The number of nitro groups is 1. The van der Waals surface area contributed by atoms with Crippen molar-refractivity contribution in [2.24, 2.45) is 0 Å². The minimum atomic E-state index is -0.507. The Labute approximate surface area is 176 Å².